The topological polar surface area (TPSA) is 63.1 Å². The number of carbonyl (C=O) groups is 1. The van der Waals surface area contributed by atoms with Crippen LogP contribution in [0, 0.1) is 12.3 Å². The normalized spacial score (nSPS) is 9.90. The van der Waals surface area contributed by atoms with E-state index >= 15 is 0 Å². The van der Waals surface area contributed by atoms with E-state index in [2.05, 4.69) is 21.3 Å². The molecule has 21 heavy (non-hydrogen) atoms. The number of nitrogens with zero attached hydrogens (tertiary/aromatic N) is 4. The van der Waals surface area contributed by atoms with Gasteiger partial charge in [0.05, 0.1) is 18.7 Å². The molecule has 2 aromatic rings. The van der Waals surface area contributed by atoms with Crippen molar-refractivity contribution < 1.29 is 4.79 Å². The third-order valence-electron chi connectivity index (χ3n) is 2.98. The number of hydrogen-bond donors (Lipinski definition) is 1. The highest BCUT2D eigenvalue weighted by Crippen LogP contribution is 2.09. The van der Waals surface area contributed by atoms with Crippen LogP contribution in [0.25, 0.3) is 0 Å². The maximum Gasteiger partial charge on any atom is 0.253 e. The summed E-state index contributed by atoms with van der Waals surface area (Å²) in [6.07, 6.45) is 10.3. The molecule has 0 aromatic carbocycles. The summed E-state index contributed by atoms with van der Waals surface area (Å²) in [6.45, 7) is 1.76. The first-order valence-corrected chi connectivity index (χ1v) is 6.57. The number of anilines is 1. The van der Waals surface area contributed by atoms with Crippen LogP contribution in [-0.2, 0) is 6.54 Å². The molecule has 0 unspecified atom stereocenters. The van der Waals surface area contributed by atoms with Crippen LogP contribution in [0.1, 0.15) is 10.4 Å². The molecule has 0 fully saturated rings. The highest BCUT2D eigenvalue weighted by Gasteiger charge is 2.07. The lowest BCUT2D eigenvalue weighted by atomic mass is 10.2. The van der Waals surface area contributed by atoms with Crippen molar-refractivity contribution in [3.63, 3.8) is 0 Å². The molecule has 0 saturated carbocycles. The van der Waals surface area contributed by atoms with Gasteiger partial charge in [0.2, 0.25) is 0 Å². The van der Waals surface area contributed by atoms with E-state index in [4.69, 9.17) is 6.42 Å². The molecule has 0 saturated heterocycles. The quantitative estimate of drug-likeness (QED) is 0.796. The minimum Gasteiger partial charge on any atom is -0.358 e. The van der Waals surface area contributed by atoms with Crippen LogP contribution in [0.15, 0.2) is 36.8 Å². The SMILES string of the molecule is C#CCNC(=O)c1ccc(N(C)CCn2cccn2)nc1. The summed E-state index contributed by atoms with van der Waals surface area (Å²) in [5.41, 5.74) is 0.495. The second kappa shape index (κ2) is 7.10. The van der Waals surface area contributed by atoms with Crippen LogP contribution in [0.5, 0.6) is 0 Å². The molecule has 0 aliphatic heterocycles. The third-order valence-corrected chi connectivity index (χ3v) is 2.98. The van der Waals surface area contributed by atoms with Crippen molar-refractivity contribution in [1.29, 1.82) is 0 Å². The fourth-order valence-electron chi connectivity index (χ4n) is 1.78. The zero-order valence-electron chi connectivity index (χ0n) is 11.9. The average molecular weight is 283 g/mol. The van der Waals surface area contributed by atoms with Crippen LogP contribution in [0.4, 0.5) is 5.82 Å². The molecule has 0 radical (unpaired) electrons. The first-order valence-electron chi connectivity index (χ1n) is 6.57. The first kappa shape index (κ1) is 14.6. The highest BCUT2D eigenvalue weighted by molar-refractivity contribution is 5.94. The van der Waals surface area contributed by atoms with Crippen molar-refractivity contribution in [1.82, 2.24) is 20.1 Å². The number of rotatable bonds is 6. The van der Waals surface area contributed by atoms with Gasteiger partial charge in [-0.25, -0.2) is 4.98 Å². The molecule has 1 amide bonds. The van der Waals surface area contributed by atoms with Crippen molar-refractivity contribution in [3.8, 4) is 12.3 Å². The predicted octanol–water partition coefficient (Wildman–Crippen LogP) is 0.777. The Balaban J connectivity index is 1.91. The zero-order chi connectivity index (χ0) is 15.1. The lowest BCUT2D eigenvalue weighted by molar-refractivity contribution is 0.0958. The van der Waals surface area contributed by atoms with E-state index in [0.29, 0.717) is 5.56 Å². The molecule has 6 nitrogen and oxygen atoms in total. The molecule has 0 aliphatic carbocycles. The molecule has 2 aromatic heterocycles. The number of aromatic nitrogens is 3. The van der Waals surface area contributed by atoms with E-state index in [0.717, 1.165) is 18.9 Å². The smallest absolute Gasteiger partial charge is 0.253 e. The standard InChI is InChI=1S/C15H17N5O/c1-3-7-16-15(21)13-5-6-14(17-12-13)19(2)10-11-20-9-4-8-18-20/h1,4-6,8-9,12H,7,10-11H2,2H3,(H,16,21). The van der Waals surface area contributed by atoms with Gasteiger partial charge in [-0.3, -0.25) is 9.48 Å². The van der Waals surface area contributed by atoms with E-state index < -0.39 is 0 Å². The van der Waals surface area contributed by atoms with E-state index in [-0.39, 0.29) is 12.5 Å². The molecule has 0 aliphatic rings. The number of terminal acetylenes is 1. The van der Waals surface area contributed by atoms with Crippen molar-refractivity contribution in [2.45, 2.75) is 6.54 Å². The van der Waals surface area contributed by atoms with Gasteiger partial charge in [-0.2, -0.15) is 5.10 Å². The van der Waals surface area contributed by atoms with Crippen molar-refractivity contribution in [2.24, 2.45) is 0 Å². The van der Waals surface area contributed by atoms with Gasteiger partial charge in [0.15, 0.2) is 0 Å². The number of amides is 1. The van der Waals surface area contributed by atoms with Gasteiger partial charge < -0.3 is 10.2 Å². The van der Waals surface area contributed by atoms with Gasteiger partial charge in [0.1, 0.15) is 5.82 Å². The second-order valence-corrected chi connectivity index (χ2v) is 4.48. The molecular weight excluding hydrogens is 266 g/mol. The van der Waals surface area contributed by atoms with Gasteiger partial charge >= 0.3 is 0 Å². The zero-order valence-corrected chi connectivity index (χ0v) is 11.9. The fourth-order valence-corrected chi connectivity index (χ4v) is 1.78. The Labute approximate surface area is 123 Å². The van der Waals surface area contributed by atoms with Crippen LogP contribution in [0.2, 0.25) is 0 Å². The monoisotopic (exact) mass is 283 g/mol. The summed E-state index contributed by atoms with van der Waals surface area (Å²) in [4.78, 5) is 18.0. The number of pyridine rings is 1. The van der Waals surface area contributed by atoms with E-state index in [1.807, 2.05) is 35.0 Å². The van der Waals surface area contributed by atoms with Gasteiger partial charge in [-0.05, 0) is 18.2 Å². The van der Waals surface area contributed by atoms with Crippen LogP contribution < -0.4 is 10.2 Å². The predicted molar refractivity (Wildman–Crippen MR) is 80.9 cm³/mol. The van der Waals surface area contributed by atoms with Crippen molar-refractivity contribution in [2.75, 3.05) is 25.0 Å². The third kappa shape index (κ3) is 4.08. The number of carbonyl (C=O) groups excluding carboxylic acids is 1. The molecule has 108 valence electrons. The maximum atomic E-state index is 11.7. The summed E-state index contributed by atoms with van der Waals surface area (Å²) in [5.74, 6) is 2.94. The largest absolute Gasteiger partial charge is 0.358 e. The van der Waals surface area contributed by atoms with Gasteiger partial charge in [-0.15, -0.1) is 6.42 Å². The fraction of sp³-hybridized carbons (Fsp3) is 0.267. The van der Waals surface area contributed by atoms with Crippen LogP contribution in [-0.4, -0.2) is 40.8 Å². The average Bonchev–Trinajstić information content (AvgIpc) is 3.04. The summed E-state index contributed by atoms with van der Waals surface area (Å²) < 4.78 is 1.86. The number of nitrogens with one attached hydrogen (secondary N) is 1. The summed E-state index contributed by atoms with van der Waals surface area (Å²) >= 11 is 0. The molecule has 2 heterocycles. The highest BCUT2D eigenvalue weighted by atomic mass is 16.1. The van der Waals surface area contributed by atoms with Crippen molar-refractivity contribution >= 4 is 11.7 Å². The van der Waals surface area contributed by atoms with E-state index in [9.17, 15) is 4.79 Å². The molecule has 0 spiro atoms. The summed E-state index contributed by atoms with van der Waals surface area (Å²) in [6, 6.07) is 5.44. The van der Waals surface area contributed by atoms with Crippen LogP contribution in [0.3, 0.4) is 0 Å². The van der Waals surface area contributed by atoms with E-state index in [1.165, 1.54) is 0 Å². The minimum absolute atomic E-state index is 0.213. The Morgan fingerprint density at radius 2 is 2.38 bits per heavy atom. The number of hydrogen-bond acceptors (Lipinski definition) is 4. The molecule has 2 rings (SSSR count). The Hall–Kier alpha value is -2.81. The Morgan fingerprint density at radius 1 is 1.52 bits per heavy atom. The lowest BCUT2D eigenvalue weighted by Crippen LogP contribution is -2.25. The summed E-state index contributed by atoms with van der Waals surface area (Å²) in [5, 5.41) is 6.75. The maximum absolute atomic E-state index is 11.7. The second-order valence-electron chi connectivity index (χ2n) is 4.48. The van der Waals surface area contributed by atoms with Gasteiger partial charge in [-0.1, -0.05) is 5.92 Å². The van der Waals surface area contributed by atoms with Crippen molar-refractivity contribution in [3.05, 3.63) is 42.4 Å². The lowest BCUT2D eigenvalue weighted by Gasteiger charge is -2.18. The minimum atomic E-state index is -0.216. The number of likely N-dealkylation sites (N-methyl/N-ethyl adjacent to an activating group) is 1. The van der Waals surface area contributed by atoms with Gasteiger partial charge in [0, 0.05) is 32.2 Å². The van der Waals surface area contributed by atoms with E-state index in [1.54, 1.807) is 18.5 Å². The summed E-state index contributed by atoms with van der Waals surface area (Å²) in [7, 11) is 1.95. The van der Waals surface area contributed by atoms with Crippen LogP contribution >= 0.6 is 0 Å². The molecular formula is C15H17N5O. The van der Waals surface area contributed by atoms with Gasteiger partial charge in [0.25, 0.3) is 5.91 Å². The first-order chi connectivity index (χ1) is 10.2. The molecule has 1 N–H and O–H groups in total. The Bertz CT molecular complexity index is 613. The Morgan fingerprint density at radius 3 is 3.00 bits per heavy atom. The Kier molecular flexibility index (Phi) is 4.94. The molecule has 0 atom stereocenters. The molecule has 0 bridgehead atoms. The molecule has 6 heteroatoms.